The number of carbonyl (C=O) groups excluding carboxylic acids is 1. The Morgan fingerprint density at radius 1 is 1.22 bits per heavy atom. The summed E-state index contributed by atoms with van der Waals surface area (Å²) in [6.07, 6.45) is 3.52. The lowest BCUT2D eigenvalue weighted by Crippen LogP contribution is -2.30. The van der Waals surface area contributed by atoms with Crippen LogP contribution in [0.25, 0.3) is 11.4 Å². The Kier molecular flexibility index (Phi) is 4.41. The first-order valence-electron chi connectivity index (χ1n) is 7.21. The van der Waals surface area contributed by atoms with Crippen molar-refractivity contribution >= 4 is 5.91 Å². The number of nitrogens with one attached hydrogen (secondary N) is 1. The van der Waals surface area contributed by atoms with Crippen LogP contribution in [0.2, 0.25) is 0 Å². The highest BCUT2D eigenvalue weighted by Gasteiger charge is 2.09. The largest absolute Gasteiger partial charge is 0.354 e. The molecule has 118 valence electrons. The van der Waals surface area contributed by atoms with E-state index in [1.807, 2.05) is 31.2 Å². The number of amides is 1. The van der Waals surface area contributed by atoms with Gasteiger partial charge < -0.3 is 9.84 Å². The number of nitrogens with zero attached hydrogens (tertiary/aromatic N) is 5. The molecule has 1 amide bonds. The Morgan fingerprint density at radius 3 is 2.70 bits per heavy atom. The van der Waals surface area contributed by atoms with Gasteiger partial charge in [0, 0.05) is 18.5 Å². The molecule has 0 unspecified atom stereocenters. The fourth-order valence-electron chi connectivity index (χ4n) is 1.99. The van der Waals surface area contributed by atoms with Crippen molar-refractivity contribution in [2.75, 3.05) is 6.54 Å². The highest BCUT2D eigenvalue weighted by Crippen LogP contribution is 2.16. The number of aromatic nitrogens is 5. The zero-order valence-corrected chi connectivity index (χ0v) is 12.6. The Labute approximate surface area is 132 Å². The van der Waals surface area contributed by atoms with Crippen molar-refractivity contribution in [2.45, 2.75) is 19.9 Å². The lowest BCUT2D eigenvalue weighted by atomic mass is 10.1. The fraction of sp³-hybridized carbons (Fsp3) is 0.267. The Balaban J connectivity index is 1.49. The minimum atomic E-state index is -0.167. The zero-order valence-electron chi connectivity index (χ0n) is 12.6. The average Bonchev–Trinajstić information content (AvgIpc) is 3.20. The van der Waals surface area contributed by atoms with Crippen LogP contribution in [0.1, 0.15) is 11.5 Å². The normalized spacial score (nSPS) is 10.7. The number of carbonyl (C=O) groups is 1. The average molecular weight is 312 g/mol. The third-order valence-corrected chi connectivity index (χ3v) is 3.19. The number of hydrogen-bond donors (Lipinski definition) is 1. The predicted octanol–water partition coefficient (Wildman–Crippen LogP) is 0.995. The van der Waals surface area contributed by atoms with Crippen LogP contribution in [0.4, 0.5) is 0 Å². The second kappa shape index (κ2) is 6.82. The van der Waals surface area contributed by atoms with Crippen LogP contribution in [0, 0.1) is 6.92 Å². The van der Waals surface area contributed by atoms with Gasteiger partial charge in [0.15, 0.2) is 0 Å². The number of aryl methyl sites for hydroxylation is 1. The third kappa shape index (κ3) is 4.00. The van der Waals surface area contributed by atoms with Crippen molar-refractivity contribution < 1.29 is 9.32 Å². The summed E-state index contributed by atoms with van der Waals surface area (Å²) in [7, 11) is 0. The monoisotopic (exact) mass is 312 g/mol. The summed E-state index contributed by atoms with van der Waals surface area (Å²) in [6, 6.07) is 7.88. The van der Waals surface area contributed by atoms with E-state index in [1.165, 1.54) is 22.8 Å². The summed E-state index contributed by atoms with van der Waals surface area (Å²) < 4.78 is 5.19. The van der Waals surface area contributed by atoms with Crippen LogP contribution in [0.5, 0.6) is 0 Å². The molecule has 1 N–H and O–H groups in total. The molecule has 0 aliphatic carbocycles. The minimum absolute atomic E-state index is 0.0887. The molecule has 2 aromatic heterocycles. The highest BCUT2D eigenvalue weighted by atomic mass is 16.5. The molecule has 0 saturated carbocycles. The van der Waals surface area contributed by atoms with Gasteiger partial charge in [0.25, 0.3) is 0 Å². The zero-order chi connectivity index (χ0) is 16.1. The Morgan fingerprint density at radius 2 is 1.96 bits per heavy atom. The van der Waals surface area contributed by atoms with Gasteiger partial charge in [0.1, 0.15) is 6.54 Å². The molecule has 2 heterocycles. The third-order valence-electron chi connectivity index (χ3n) is 3.19. The van der Waals surface area contributed by atoms with E-state index in [2.05, 4.69) is 25.7 Å². The first-order chi connectivity index (χ1) is 11.2. The predicted molar refractivity (Wildman–Crippen MR) is 81.2 cm³/mol. The first-order valence-corrected chi connectivity index (χ1v) is 7.21. The molecule has 3 rings (SSSR count). The quantitative estimate of drug-likeness (QED) is 0.729. The van der Waals surface area contributed by atoms with Crippen molar-refractivity contribution in [1.29, 1.82) is 0 Å². The van der Waals surface area contributed by atoms with Gasteiger partial charge in [0.05, 0.1) is 12.4 Å². The molecule has 3 aromatic rings. The van der Waals surface area contributed by atoms with Crippen molar-refractivity contribution in [2.24, 2.45) is 0 Å². The molecule has 23 heavy (non-hydrogen) atoms. The van der Waals surface area contributed by atoms with Gasteiger partial charge >= 0.3 is 0 Å². The number of rotatable bonds is 6. The minimum Gasteiger partial charge on any atom is -0.354 e. The van der Waals surface area contributed by atoms with Gasteiger partial charge in [-0.2, -0.15) is 20.0 Å². The maximum absolute atomic E-state index is 11.7. The molecule has 0 aliphatic rings. The van der Waals surface area contributed by atoms with E-state index in [0.29, 0.717) is 24.7 Å². The van der Waals surface area contributed by atoms with Crippen LogP contribution in [0.15, 0.2) is 41.2 Å². The van der Waals surface area contributed by atoms with E-state index in [0.717, 1.165) is 5.56 Å². The van der Waals surface area contributed by atoms with Crippen molar-refractivity contribution in [3.8, 4) is 11.4 Å². The summed E-state index contributed by atoms with van der Waals surface area (Å²) in [5.74, 6) is 0.865. The van der Waals surface area contributed by atoms with Gasteiger partial charge in [-0.25, -0.2) is 0 Å². The molecule has 0 fully saturated rings. The SMILES string of the molecule is Cc1ccc(-c2noc(CCNC(=O)Cn3nccn3)n2)cc1. The molecule has 0 bridgehead atoms. The molecular formula is C15H16N6O2. The van der Waals surface area contributed by atoms with E-state index in [1.54, 1.807) is 0 Å². The van der Waals surface area contributed by atoms with Crippen LogP contribution < -0.4 is 5.32 Å². The smallest absolute Gasteiger partial charge is 0.243 e. The molecule has 0 atom stereocenters. The molecule has 0 radical (unpaired) electrons. The molecule has 1 aromatic carbocycles. The molecule has 0 spiro atoms. The number of hydrogen-bond acceptors (Lipinski definition) is 6. The Hall–Kier alpha value is -3.03. The molecule has 8 heteroatoms. The topological polar surface area (TPSA) is 98.7 Å². The summed E-state index contributed by atoms with van der Waals surface area (Å²) in [5, 5.41) is 14.4. The van der Waals surface area contributed by atoms with Gasteiger partial charge in [-0.15, -0.1) is 0 Å². The fourth-order valence-corrected chi connectivity index (χ4v) is 1.99. The second-order valence-corrected chi connectivity index (χ2v) is 5.04. The molecule has 0 aliphatic heterocycles. The summed E-state index contributed by atoms with van der Waals surface area (Å²) >= 11 is 0. The van der Waals surface area contributed by atoms with Gasteiger partial charge in [0.2, 0.25) is 17.6 Å². The van der Waals surface area contributed by atoms with Crippen LogP contribution in [0.3, 0.4) is 0 Å². The van der Waals surface area contributed by atoms with Crippen molar-refractivity contribution in [1.82, 2.24) is 30.5 Å². The van der Waals surface area contributed by atoms with Crippen molar-refractivity contribution in [3.63, 3.8) is 0 Å². The summed E-state index contributed by atoms with van der Waals surface area (Å²) in [4.78, 5) is 17.3. The molecule has 0 saturated heterocycles. The lowest BCUT2D eigenvalue weighted by Gasteiger charge is -2.02. The number of benzene rings is 1. The van der Waals surface area contributed by atoms with E-state index in [9.17, 15) is 4.79 Å². The van der Waals surface area contributed by atoms with Crippen LogP contribution >= 0.6 is 0 Å². The highest BCUT2D eigenvalue weighted by molar-refractivity contribution is 5.75. The first kappa shape index (κ1) is 14.9. The maximum atomic E-state index is 11.7. The van der Waals surface area contributed by atoms with Gasteiger partial charge in [-0.1, -0.05) is 35.0 Å². The van der Waals surface area contributed by atoms with E-state index in [-0.39, 0.29) is 12.5 Å². The van der Waals surface area contributed by atoms with Gasteiger partial charge in [-0.05, 0) is 6.92 Å². The van der Waals surface area contributed by atoms with Crippen LogP contribution in [-0.2, 0) is 17.8 Å². The summed E-state index contributed by atoms with van der Waals surface area (Å²) in [5.41, 5.74) is 2.08. The van der Waals surface area contributed by atoms with Crippen molar-refractivity contribution in [3.05, 3.63) is 48.1 Å². The molecule has 8 nitrogen and oxygen atoms in total. The standard InChI is InChI=1S/C15H16N6O2/c1-11-2-4-12(5-3-11)15-19-14(23-20-15)6-7-16-13(22)10-21-17-8-9-18-21/h2-5,8-9H,6-7,10H2,1H3,(H,16,22). The van der Waals surface area contributed by atoms with Crippen LogP contribution in [-0.4, -0.2) is 37.6 Å². The molecular weight excluding hydrogens is 296 g/mol. The van der Waals surface area contributed by atoms with E-state index >= 15 is 0 Å². The maximum Gasteiger partial charge on any atom is 0.243 e. The second-order valence-electron chi connectivity index (χ2n) is 5.04. The van der Waals surface area contributed by atoms with E-state index in [4.69, 9.17) is 4.52 Å². The Bertz CT molecular complexity index is 764. The van der Waals surface area contributed by atoms with E-state index < -0.39 is 0 Å². The lowest BCUT2D eigenvalue weighted by molar-refractivity contribution is -0.122. The van der Waals surface area contributed by atoms with Gasteiger partial charge in [-0.3, -0.25) is 4.79 Å². The summed E-state index contributed by atoms with van der Waals surface area (Å²) in [6.45, 7) is 2.52.